The summed E-state index contributed by atoms with van der Waals surface area (Å²) < 4.78 is 22.2. The van der Waals surface area contributed by atoms with E-state index in [9.17, 15) is 18.5 Å². The van der Waals surface area contributed by atoms with Gasteiger partial charge in [0.1, 0.15) is 0 Å². The van der Waals surface area contributed by atoms with Crippen molar-refractivity contribution in [3.8, 4) is 0 Å². The number of carbonyl (C=O) groups is 1. The molecule has 0 rings (SSSR count). The molecule has 54 valence electrons. The molecule has 0 radical (unpaired) electrons. The van der Waals surface area contributed by atoms with Crippen molar-refractivity contribution in [2.24, 2.45) is 0 Å². The van der Waals surface area contributed by atoms with E-state index in [1.54, 1.807) is 0 Å². The molecule has 0 saturated carbocycles. The molecule has 0 aliphatic rings. The molecule has 0 amide bonds. The minimum atomic E-state index is -2.53. The van der Waals surface area contributed by atoms with Crippen LogP contribution >= 0.6 is 0 Å². The van der Waals surface area contributed by atoms with Crippen molar-refractivity contribution >= 4 is 13.2 Å². The van der Waals surface area contributed by atoms with Crippen molar-refractivity contribution in [3.63, 3.8) is 0 Å². The maximum atomic E-state index is 11.1. The maximum absolute atomic E-state index is 11.1. The summed E-state index contributed by atoms with van der Waals surface area (Å²) in [6.45, 7) is 0. The van der Waals surface area contributed by atoms with Crippen LogP contribution in [-0.4, -0.2) is 13.2 Å². The second-order valence-electron chi connectivity index (χ2n) is 1.30. The van der Waals surface area contributed by atoms with Gasteiger partial charge in [0.2, 0.25) is 0 Å². The first-order valence-electron chi connectivity index (χ1n) is 2.11. The van der Waals surface area contributed by atoms with Crippen molar-refractivity contribution in [3.05, 3.63) is 0 Å². The fourth-order valence-corrected chi connectivity index (χ4v) is 0.227. The first-order chi connectivity index (χ1) is 3.63. The van der Waals surface area contributed by atoms with E-state index in [2.05, 4.69) is 0 Å². The van der Waals surface area contributed by atoms with Crippen LogP contribution in [0.4, 0.5) is 8.63 Å². The van der Waals surface area contributed by atoms with Crippen LogP contribution < -0.4 is 113 Å². The molecule has 0 bridgehead atoms. The summed E-state index contributed by atoms with van der Waals surface area (Å²) in [5.41, 5.74) is 0. The molecule has 0 saturated heterocycles. The van der Waals surface area contributed by atoms with Gasteiger partial charge in [-0.1, -0.05) is 0 Å². The number of carbonyl (C=O) groups excluding carboxylic acids is 1. The van der Waals surface area contributed by atoms with Crippen molar-refractivity contribution in [2.75, 3.05) is 0 Å². The minimum absolute atomic E-state index is 0. The van der Waals surface area contributed by atoms with Crippen molar-refractivity contribution in [2.45, 2.75) is 12.7 Å². The second kappa shape index (κ2) is 15.1. The van der Waals surface area contributed by atoms with E-state index < -0.39 is 26.0 Å². The number of carboxylic acids is 1. The number of carboxylic acid groups (broad SMARTS) is 1. The van der Waals surface area contributed by atoms with Crippen molar-refractivity contribution in [1.29, 1.82) is 0 Å². The SMILES string of the molecule is O=C([O-])CCB(F)F.[F-].[K+].[K+]. The summed E-state index contributed by atoms with van der Waals surface area (Å²) in [5, 5.41) is 9.46. The number of rotatable bonds is 3. The molecule has 0 heterocycles. The average molecular weight is 218 g/mol. The quantitative estimate of drug-likeness (QED) is 0.441. The molecule has 0 spiro atoms. The zero-order valence-electron chi connectivity index (χ0n) is 6.44. The Morgan fingerprint density at radius 2 is 1.73 bits per heavy atom. The predicted octanol–water partition coefficient (Wildman–Crippen LogP) is -9.43. The van der Waals surface area contributed by atoms with Crippen LogP contribution in [0.25, 0.3) is 0 Å². The molecular weight excluding hydrogens is 214 g/mol. The molecule has 0 aromatic rings. The van der Waals surface area contributed by atoms with Gasteiger partial charge in [-0.2, -0.15) is 0 Å². The number of aliphatic carboxylic acids is 1. The molecule has 0 atom stereocenters. The van der Waals surface area contributed by atoms with E-state index in [0.717, 1.165) is 0 Å². The summed E-state index contributed by atoms with van der Waals surface area (Å²) in [4.78, 5) is 9.46. The molecule has 0 aliphatic heterocycles. The first kappa shape index (κ1) is 23.4. The van der Waals surface area contributed by atoms with Gasteiger partial charge in [0.25, 0.3) is 0 Å². The van der Waals surface area contributed by atoms with Crippen molar-refractivity contribution < 1.29 is 126 Å². The smallest absolute Gasteiger partial charge is 1.00 e. The largest absolute Gasteiger partial charge is 1.00 e. The summed E-state index contributed by atoms with van der Waals surface area (Å²) in [6.07, 6.45) is -1.17. The summed E-state index contributed by atoms with van der Waals surface area (Å²) in [5.74, 6) is -1.43. The van der Waals surface area contributed by atoms with Gasteiger partial charge < -0.3 is 14.6 Å². The zero-order chi connectivity index (χ0) is 6.57. The number of halogens is 3. The van der Waals surface area contributed by atoms with E-state index in [-0.39, 0.29) is 107 Å². The van der Waals surface area contributed by atoms with Gasteiger partial charge in [0.15, 0.2) is 0 Å². The van der Waals surface area contributed by atoms with E-state index in [4.69, 9.17) is 0 Å². The standard InChI is InChI=1S/C3H5BF2O2.FH.2K/c5-4(6)2-1-3(7)8;;;/h1-2H2,(H,7,8);1H;;/q;;2*+1/p-2. The van der Waals surface area contributed by atoms with Crippen LogP contribution in [0.3, 0.4) is 0 Å². The molecule has 0 aliphatic carbocycles. The molecule has 0 aromatic carbocycles. The Morgan fingerprint density at radius 1 is 1.36 bits per heavy atom. The molecule has 0 fully saturated rings. The van der Waals surface area contributed by atoms with Gasteiger partial charge in [0.05, 0.1) is 0 Å². The van der Waals surface area contributed by atoms with E-state index in [1.165, 1.54) is 0 Å². The topological polar surface area (TPSA) is 40.1 Å². The average Bonchev–Trinajstić information content (AvgIpc) is 1.61. The van der Waals surface area contributed by atoms with Gasteiger partial charge in [-0.05, 0) is 12.7 Å². The summed E-state index contributed by atoms with van der Waals surface area (Å²) in [7, 11) is -2.53. The minimum Gasteiger partial charge on any atom is -1.00 e. The predicted molar refractivity (Wildman–Crippen MR) is 22.4 cm³/mol. The molecule has 2 nitrogen and oxygen atoms in total. The summed E-state index contributed by atoms with van der Waals surface area (Å²) in [6, 6.07) is 0. The van der Waals surface area contributed by atoms with Crippen LogP contribution in [0.5, 0.6) is 0 Å². The third-order valence-electron chi connectivity index (χ3n) is 0.567. The Labute approximate surface area is 148 Å². The molecule has 0 N–H and O–H groups in total. The Hall–Kier alpha value is 2.60. The van der Waals surface area contributed by atoms with Crippen LogP contribution in [0.15, 0.2) is 0 Å². The van der Waals surface area contributed by atoms with E-state index >= 15 is 0 Å². The Morgan fingerprint density at radius 3 is 1.82 bits per heavy atom. The van der Waals surface area contributed by atoms with Gasteiger partial charge in [-0.15, -0.1) is 0 Å². The Balaban J connectivity index is -0.0000000817. The molecule has 0 aromatic heterocycles. The van der Waals surface area contributed by atoms with E-state index in [0.29, 0.717) is 0 Å². The number of hydrogen-bond donors (Lipinski definition) is 0. The molecule has 0 unspecified atom stereocenters. The monoisotopic (exact) mass is 218 g/mol. The number of hydrogen-bond acceptors (Lipinski definition) is 2. The third-order valence-corrected chi connectivity index (χ3v) is 0.567. The normalized spacial score (nSPS) is 6.36. The van der Waals surface area contributed by atoms with E-state index in [1.807, 2.05) is 0 Å². The Kier molecular flexibility index (Phi) is 32.1. The van der Waals surface area contributed by atoms with Crippen LogP contribution in [0, 0.1) is 0 Å². The first-order valence-corrected chi connectivity index (χ1v) is 2.11. The second-order valence-corrected chi connectivity index (χ2v) is 1.30. The fraction of sp³-hybridized carbons (Fsp3) is 0.667. The fourth-order valence-electron chi connectivity index (χ4n) is 0.227. The molecule has 11 heavy (non-hydrogen) atoms. The van der Waals surface area contributed by atoms with Gasteiger partial charge in [-0.3, -0.25) is 8.63 Å². The van der Waals surface area contributed by atoms with Crippen molar-refractivity contribution in [1.82, 2.24) is 0 Å². The third kappa shape index (κ3) is 24.5. The van der Waals surface area contributed by atoms with Gasteiger partial charge in [0, 0.05) is 5.97 Å². The Bertz CT molecular complexity index is 94.7. The molecular formula is C3H4BF3K2O2. The van der Waals surface area contributed by atoms with Gasteiger partial charge >= 0.3 is 110 Å². The summed E-state index contributed by atoms with van der Waals surface area (Å²) >= 11 is 0. The van der Waals surface area contributed by atoms with Crippen LogP contribution in [0.1, 0.15) is 6.42 Å². The zero-order valence-corrected chi connectivity index (χ0v) is 12.7. The van der Waals surface area contributed by atoms with Crippen LogP contribution in [0.2, 0.25) is 6.32 Å². The maximum Gasteiger partial charge on any atom is 1.00 e. The van der Waals surface area contributed by atoms with Gasteiger partial charge in [-0.25, -0.2) is 0 Å². The molecule has 8 heteroatoms. The van der Waals surface area contributed by atoms with Crippen LogP contribution in [-0.2, 0) is 4.79 Å².